The van der Waals surface area contributed by atoms with Gasteiger partial charge in [-0.15, -0.1) is 0 Å². The van der Waals surface area contributed by atoms with Crippen molar-refractivity contribution >= 4 is 23.5 Å². The summed E-state index contributed by atoms with van der Waals surface area (Å²) in [5.41, 5.74) is -0.271. The molecule has 1 aliphatic rings. The van der Waals surface area contributed by atoms with Gasteiger partial charge in [0.2, 0.25) is 0 Å². The molecule has 4 rings (SSSR count). The zero-order chi connectivity index (χ0) is 25.9. The highest BCUT2D eigenvalue weighted by Crippen LogP contribution is 2.46. The Balaban J connectivity index is 1.25. The Bertz CT molecular complexity index is 1230. The van der Waals surface area contributed by atoms with Crippen molar-refractivity contribution < 1.29 is 36.7 Å². The molecule has 0 bridgehead atoms. The van der Waals surface area contributed by atoms with E-state index in [0.717, 1.165) is 12.8 Å². The third-order valence-electron chi connectivity index (χ3n) is 5.54. The zero-order valence-electron chi connectivity index (χ0n) is 19.2. The van der Waals surface area contributed by atoms with Crippen molar-refractivity contribution in [3.8, 4) is 5.75 Å². The molecular weight excluding hydrogens is 503 g/mol. The van der Waals surface area contributed by atoms with Gasteiger partial charge in [-0.3, -0.25) is 9.48 Å². The molecule has 8 nitrogen and oxygen atoms in total. The fraction of sp³-hybridized carbons (Fsp3) is 0.375. The van der Waals surface area contributed by atoms with Crippen LogP contribution >= 0.6 is 11.6 Å². The second-order valence-electron chi connectivity index (χ2n) is 8.22. The monoisotopic (exact) mass is 525 g/mol. The number of methoxy groups -OCH3 is 1. The van der Waals surface area contributed by atoms with Gasteiger partial charge in [0, 0.05) is 19.0 Å². The Hall–Kier alpha value is -3.47. The molecule has 2 aromatic heterocycles. The van der Waals surface area contributed by atoms with Gasteiger partial charge < -0.3 is 19.2 Å². The van der Waals surface area contributed by atoms with E-state index in [1.54, 1.807) is 30.3 Å². The highest BCUT2D eigenvalue weighted by atomic mass is 35.5. The number of hydrogen-bond donors (Lipinski definition) is 1. The number of carbonyl (C=O) groups is 2. The second kappa shape index (κ2) is 10.7. The molecule has 1 aliphatic carbocycles. The first-order chi connectivity index (χ1) is 17.2. The number of alkyl halides is 3. The van der Waals surface area contributed by atoms with E-state index >= 15 is 0 Å². The lowest BCUT2D eigenvalue weighted by atomic mass is 10.2. The molecule has 0 unspecified atom stereocenters. The van der Waals surface area contributed by atoms with Gasteiger partial charge in [-0.1, -0.05) is 11.6 Å². The molecule has 0 radical (unpaired) electrons. The third kappa shape index (κ3) is 6.01. The molecule has 2 heterocycles. The van der Waals surface area contributed by atoms with Crippen molar-refractivity contribution in [1.82, 2.24) is 15.1 Å². The van der Waals surface area contributed by atoms with Gasteiger partial charge in [-0.25, -0.2) is 4.79 Å². The number of aromatic nitrogens is 2. The summed E-state index contributed by atoms with van der Waals surface area (Å²) >= 11 is 5.97. The standard InChI is InChI=1S/C24H23ClF3N3O5/c1-34-23(33)15-5-7-16(8-6-15)35-13-17-9-10-18(36-17)22(32)29-11-2-12-31-20(14-3-4-14)19(25)21(30-31)24(26,27)28/h5-10,14H,2-4,11-13H2,1H3,(H,29,32). The van der Waals surface area contributed by atoms with Crippen LogP contribution in [0.5, 0.6) is 5.75 Å². The first kappa shape index (κ1) is 25.6. The maximum atomic E-state index is 13.2. The van der Waals surface area contributed by atoms with Crippen LogP contribution < -0.4 is 10.1 Å². The fourth-order valence-corrected chi connectivity index (χ4v) is 4.00. The summed E-state index contributed by atoms with van der Waals surface area (Å²) in [5, 5.41) is 6.02. The Morgan fingerprint density at radius 2 is 1.92 bits per heavy atom. The minimum absolute atomic E-state index is 0.00904. The van der Waals surface area contributed by atoms with Crippen molar-refractivity contribution in [1.29, 1.82) is 0 Å². The summed E-state index contributed by atoms with van der Waals surface area (Å²) in [6.07, 6.45) is -2.70. The van der Waals surface area contributed by atoms with Crippen molar-refractivity contribution in [3.63, 3.8) is 0 Å². The molecule has 0 spiro atoms. The molecule has 1 N–H and O–H groups in total. The Labute approximate surface area is 209 Å². The number of esters is 1. The normalized spacial score (nSPS) is 13.5. The molecule has 1 fully saturated rings. The largest absolute Gasteiger partial charge is 0.486 e. The van der Waals surface area contributed by atoms with Crippen LogP contribution in [-0.4, -0.2) is 35.3 Å². The van der Waals surface area contributed by atoms with Crippen LogP contribution in [0.2, 0.25) is 5.02 Å². The van der Waals surface area contributed by atoms with Gasteiger partial charge in [0.05, 0.1) is 23.4 Å². The molecule has 0 aliphatic heterocycles. The molecule has 1 amide bonds. The molecule has 1 saturated carbocycles. The summed E-state index contributed by atoms with van der Waals surface area (Å²) in [4.78, 5) is 23.8. The van der Waals surface area contributed by atoms with Gasteiger partial charge >= 0.3 is 12.1 Å². The first-order valence-corrected chi connectivity index (χ1v) is 11.6. The van der Waals surface area contributed by atoms with E-state index in [4.69, 9.17) is 20.8 Å². The number of furan rings is 1. The summed E-state index contributed by atoms with van der Waals surface area (Å²) < 4.78 is 56.5. The molecule has 1 aromatic carbocycles. The number of nitrogens with zero attached hydrogens (tertiary/aromatic N) is 2. The molecule has 36 heavy (non-hydrogen) atoms. The third-order valence-corrected chi connectivity index (χ3v) is 5.91. The summed E-state index contributed by atoms with van der Waals surface area (Å²) in [7, 11) is 1.30. The molecule has 3 aromatic rings. The van der Waals surface area contributed by atoms with Crippen LogP contribution in [0, 0.1) is 0 Å². The van der Waals surface area contributed by atoms with E-state index in [1.807, 2.05) is 0 Å². The zero-order valence-corrected chi connectivity index (χ0v) is 20.0. The van der Waals surface area contributed by atoms with E-state index in [-0.39, 0.29) is 36.4 Å². The van der Waals surface area contributed by atoms with Crippen LogP contribution in [0.15, 0.2) is 40.8 Å². The van der Waals surface area contributed by atoms with Crippen molar-refractivity contribution in [2.75, 3.05) is 13.7 Å². The quantitative estimate of drug-likeness (QED) is 0.288. The topological polar surface area (TPSA) is 95.6 Å². The number of amides is 1. The van der Waals surface area contributed by atoms with Crippen LogP contribution in [0.3, 0.4) is 0 Å². The number of halogens is 4. The number of ether oxygens (including phenoxy) is 2. The van der Waals surface area contributed by atoms with Gasteiger partial charge in [0.1, 0.15) is 18.1 Å². The van der Waals surface area contributed by atoms with Crippen LogP contribution in [0.4, 0.5) is 13.2 Å². The number of carbonyl (C=O) groups excluding carboxylic acids is 2. The Kier molecular flexibility index (Phi) is 7.58. The van der Waals surface area contributed by atoms with Crippen LogP contribution in [-0.2, 0) is 24.1 Å². The number of hydrogen-bond acceptors (Lipinski definition) is 6. The van der Waals surface area contributed by atoms with Gasteiger partial charge in [0.25, 0.3) is 5.91 Å². The van der Waals surface area contributed by atoms with E-state index in [1.165, 1.54) is 17.9 Å². The van der Waals surface area contributed by atoms with Gasteiger partial charge in [-0.05, 0) is 55.7 Å². The SMILES string of the molecule is COC(=O)c1ccc(OCc2ccc(C(=O)NCCCn3nc(C(F)(F)F)c(Cl)c3C3CC3)o2)cc1. The first-order valence-electron chi connectivity index (χ1n) is 11.2. The number of rotatable bonds is 10. The maximum Gasteiger partial charge on any atom is 0.436 e. The van der Waals surface area contributed by atoms with Crippen molar-refractivity contribution in [3.05, 3.63) is 69.9 Å². The minimum Gasteiger partial charge on any atom is -0.486 e. The highest BCUT2D eigenvalue weighted by molar-refractivity contribution is 6.32. The number of nitrogens with one attached hydrogen (secondary N) is 1. The van der Waals surface area contributed by atoms with E-state index in [0.29, 0.717) is 29.2 Å². The molecule has 12 heteroatoms. The smallest absolute Gasteiger partial charge is 0.436 e. The Morgan fingerprint density at radius 1 is 1.19 bits per heavy atom. The van der Waals surface area contributed by atoms with Gasteiger partial charge in [0.15, 0.2) is 11.5 Å². The van der Waals surface area contributed by atoms with Gasteiger partial charge in [-0.2, -0.15) is 18.3 Å². The summed E-state index contributed by atoms with van der Waals surface area (Å²) in [6.45, 7) is 0.463. The average Bonchev–Trinajstić information content (AvgIpc) is 3.46. The highest BCUT2D eigenvalue weighted by Gasteiger charge is 2.41. The predicted molar refractivity (Wildman–Crippen MR) is 122 cm³/mol. The molecule has 192 valence electrons. The van der Waals surface area contributed by atoms with Crippen LogP contribution in [0.1, 0.15) is 63.2 Å². The van der Waals surface area contributed by atoms with Crippen molar-refractivity contribution in [2.24, 2.45) is 0 Å². The lowest BCUT2D eigenvalue weighted by molar-refractivity contribution is -0.141. The summed E-state index contributed by atoms with van der Waals surface area (Å²) in [6, 6.07) is 9.46. The predicted octanol–water partition coefficient (Wildman–Crippen LogP) is 5.21. The lowest BCUT2D eigenvalue weighted by Gasteiger charge is -2.08. The average molecular weight is 526 g/mol. The summed E-state index contributed by atoms with van der Waals surface area (Å²) in [5.74, 6) is 0.0758. The van der Waals surface area contributed by atoms with E-state index in [2.05, 4.69) is 15.2 Å². The number of benzene rings is 1. The lowest BCUT2D eigenvalue weighted by Crippen LogP contribution is -2.25. The number of aryl methyl sites for hydroxylation is 1. The molecule has 0 atom stereocenters. The molecule has 0 saturated heterocycles. The van der Waals surface area contributed by atoms with Crippen molar-refractivity contribution in [2.45, 2.75) is 44.5 Å². The molecular formula is C24H23ClF3N3O5. The van der Waals surface area contributed by atoms with E-state index < -0.39 is 23.7 Å². The fourth-order valence-electron chi connectivity index (χ4n) is 3.61. The Morgan fingerprint density at radius 3 is 2.56 bits per heavy atom. The van der Waals surface area contributed by atoms with E-state index in [9.17, 15) is 22.8 Å². The second-order valence-corrected chi connectivity index (χ2v) is 8.60. The van der Waals surface area contributed by atoms with Crippen LogP contribution in [0.25, 0.3) is 0 Å². The minimum atomic E-state index is -4.62. The maximum absolute atomic E-state index is 13.2.